The minimum Gasteiger partial charge on any atom is -0.496 e. The van der Waals surface area contributed by atoms with Crippen LogP contribution in [0.5, 0.6) is 5.75 Å². The van der Waals surface area contributed by atoms with Gasteiger partial charge in [0.15, 0.2) is 0 Å². The van der Waals surface area contributed by atoms with Crippen LogP contribution >= 0.6 is 0 Å². The molecule has 26 heavy (non-hydrogen) atoms. The molecule has 2 aliphatic rings. The van der Waals surface area contributed by atoms with E-state index in [9.17, 15) is 13.2 Å². The lowest BCUT2D eigenvalue weighted by Gasteiger charge is -2.23. The van der Waals surface area contributed by atoms with Crippen LogP contribution in [-0.2, 0) is 21.2 Å². The van der Waals surface area contributed by atoms with Crippen LogP contribution in [0.25, 0.3) is 0 Å². The predicted octanol–water partition coefficient (Wildman–Crippen LogP) is 2.18. The number of amides is 1. The number of nitrogens with one attached hydrogen (secondary N) is 1. The van der Waals surface area contributed by atoms with Gasteiger partial charge in [-0.25, -0.2) is 12.7 Å². The summed E-state index contributed by atoms with van der Waals surface area (Å²) in [6.07, 6.45) is 5.68. The van der Waals surface area contributed by atoms with E-state index >= 15 is 0 Å². The maximum absolute atomic E-state index is 12.4. The normalized spacial score (nSPS) is 24.8. The van der Waals surface area contributed by atoms with E-state index in [0.29, 0.717) is 30.6 Å². The molecule has 2 fully saturated rings. The summed E-state index contributed by atoms with van der Waals surface area (Å²) in [5.74, 6) is 2.08. The fourth-order valence-corrected chi connectivity index (χ4v) is 5.22. The Morgan fingerprint density at radius 3 is 2.62 bits per heavy atom. The molecule has 3 unspecified atom stereocenters. The first-order valence-corrected chi connectivity index (χ1v) is 10.6. The smallest absolute Gasteiger partial charge is 0.242 e. The summed E-state index contributed by atoms with van der Waals surface area (Å²) in [5.41, 5.74) is 0.735. The summed E-state index contributed by atoms with van der Waals surface area (Å²) in [6.45, 7) is 0. The Labute approximate surface area is 156 Å². The van der Waals surface area contributed by atoms with E-state index in [1.165, 1.54) is 43.7 Å². The van der Waals surface area contributed by atoms with Crippen molar-refractivity contribution in [2.45, 2.75) is 49.5 Å². The first kappa shape index (κ1) is 19.2. The number of hydrogen-bond donors (Lipinski definition) is 1. The second-order valence-corrected chi connectivity index (χ2v) is 9.76. The maximum atomic E-state index is 12.4. The first-order valence-electron chi connectivity index (χ1n) is 9.20. The molecule has 0 aromatic heterocycles. The third-order valence-electron chi connectivity index (χ3n) is 5.74. The number of rotatable bonds is 7. The highest BCUT2D eigenvalue weighted by Crippen LogP contribution is 2.44. The van der Waals surface area contributed by atoms with Crippen LogP contribution in [0, 0.1) is 11.8 Å². The summed E-state index contributed by atoms with van der Waals surface area (Å²) >= 11 is 0. The molecule has 0 spiro atoms. The van der Waals surface area contributed by atoms with Gasteiger partial charge in [-0.1, -0.05) is 6.42 Å². The van der Waals surface area contributed by atoms with Crippen LogP contribution in [0.1, 0.15) is 37.7 Å². The number of ether oxygens (including phenoxy) is 1. The van der Waals surface area contributed by atoms with Gasteiger partial charge >= 0.3 is 0 Å². The fraction of sp³-hybridized carbons (Fsp3) is 0.632. The Morgan fingerprint density at radius 2 is 2.04 bits per heavy atom. The molecule has 7 heteroatoms. The topological polar surface area (TPSA) is 75.7 Å². The average molecular weight is 381 g/mol. The molecule has 1 aromatic carbocycles. The van der Waals surface area contributed by atoms with Crippen LogP contribution in [-0.4, -0.2) is 45.9 Å². The summed E-state index contributed by atoms with van der Waals surface area (Å²) < 4.78 is 31.2. The zero-order valence-electron chi connectivity index (χ0n) is 15.7. The quantitative estimate of drug-likeness (QED) is 0.787. The van der Waals surface area contributed by atoms with E-state index in [0.717, 1.165) is 17.9 Å². The van der Waals surface area contributed by atoms with Crippen LogP contribution in [0.15, 0.2) is 23.1 Å². The Kier molecular flexibility index (Phi) is 5.58. The molecule has 2 bridgehead atoms. The number of carbonyl (C=O) groups is 1. The van der Waals surface area contributed by atoms with Crippen LogP contribution in [0.3, 0.4) is 0 Å². The predicted molar refractivity (Wildman–Crippen MR) is 99.6 cm³/mol. The third kappa shape index (κ3) is 3.88. The van der Waals surface area contributed by atoms with Gasteiger partial charge in [0.25, 0.3) is 0 Å². The van der Waals surface area contributed by atoms with Gasteiger partial charge in [0.05, 0.1) is 12.0 Å². The molecule has 3 atom stereocenters. The largest absolute Gasteiger partial charge is 0.496 e. The molecule has 1 N–H and O–H groups in total. The van der Waals surface area contributed by atoms with Crippen molar-refractivity contribution >= 4 is 15.9 Å². The summed E-state index contributed by atoms with van der Waals surface area (Å²) in [4.78, 5) is 12.6. The lowest BCUT2D eigenvalue weighted by molar-refractivity contribution is -0.122. The molecule has 0 radical (unpaired) electrons. The van der Waals surface area contributed by atoms with Crippen molar-refractivity contribution in [2.24, 2.45) is 11.8 Å². The Bertz CT molecular complexity index is 776. The van der Waals surface area contributed by atoms with Crippen molar-refractivity contribution < 1.29 is 17.9 Å². The van der Waals surface area contributed by atoms with Gasteiger partial charge in [-0.3, -0.25) is 4.79 Å². The van der Waals surface area contributed by atoms with Crippen molar-refractivity contribution in [1.82, 2.24) is 9.62 Å². The van der Waals surface area contributed by atoms with Gasteiger partial charge in [-0.15, -0.1) is 0 Å². The van der Waals surface area contributed by atoms with Gasteiger partial charge in [-0.05, 0) is 61.3 Å². The van der Waals surface area contributed by atoms with Crippen molar-refractivity contribution in [2.75, 3.05) is 21.2 Å². The zero-order valence-corrected chi connectivity index (χ0v) is 16.5. The number of fused-ring (bicyclic) bond motifs is 2. The second-order valence-electron chi connectivity index (χ2n) is 7.61. The molecular weight excluding hydrogens is 352 g/mol. The first-order chi connectivity index (χ1) is 12.3. The highest BCUT2D eigenvalue weighted by Gasteiger charge is 2.39. The van der Waals surface area contributed by atoms with Gasteiger partial charge < -0.3 is 10.1 Å². The standard InChI is InChI=1S/C19H28N2O4S/c1-21(2)26(23,24)16-7-8-18(25-3)15(12-16)6-9-19(22)20-17-11-13-4-5-14(17)10-13/h7-8,12-14,17H,4-6,9-11H2,1-3H3,(H,20,22). The van der Waals surface area contributed by atoms with E-state index in [-0.39, 0.29) is 10.8 Å². The van der Waals surface area contributed by atoms with Crippen LogP contribution in [0.4, 0.5) is 0 Å². The van der Waals surface area contributed by atoms with Crippen LogP contribution < -0.4 is 10.1 Å². The number of aryl methyl sites for hydroxylation is 1. The molecule has 1 amide bonds. The van der Waals surface area contributed by atoms with Gasteiger partial charge in [0.2, 0.25) is 15.9 Å². The highest BCUT2D eigenvalue weighted by atomic mass is 32.2. The molecule has 2 saturated carbocycles. The molecule has 2 aliphatic carbocycles. The Morgan fingerprint density at radius 1 is 1.27 bits per heavy atom. The second kappa shape index (κ2) is 7.56. The Hall–Kier alpha value is -1.60. The number of methoxy groups -OCH3 is 1. The van der Waals surface area contributed by atoms with Crippen molar-refractivity contribution in [3.8, 4) is 5.75 Å². The molecule has 3 rings (SSSR count). The molecule has 0 saturated heterocycles. The minimum atomic E-state index is -3.51. The lowest BCUT2D eigenvalue weighted by Crippen LogP contribution is -2.38. The van der Waals surface area contributed by atoms with E-state index in [1.807, 2.05) is 0 Å². The minimum absolute atomic E-state index is 0.0328. The van der Waals surface area contributed by atoms with Gasteiger partial charge in [-0.2, -0.15) is 0 Å². The molecule has 6 nitrogen and oxygen atoms in total. The summed E-state index contributed by atoms with van der Waals surface area (Å²) in [7, 11) is 1.04. The summed E-state index contributed by atoms with van der Waals surface area (Å²) in [6, 6.07) is 5.12. The van der Waals surface area contributed by atoms with E-state index < -0.39 is 10.0 Å². The van der Waals surface area contributed by atoms with E-state index in [1.54, 1.807) is 19.2 Å². The summed E-state index contributed by atoms with van der Waals surface area (Å²) in [5, 5.41) is 3.17. The third-order valence-corrected chi connectivity index (χ3v) is 7.55. The fourth-order valence-electron chi connectivity index (χ4n) is 4.27. The number of nitrogens with zero attached hydrogens (tertiary/aromatic N) is 1. The van der Waals surface area contributed by atoms with Crippen molar-refractivity contribution in [3.05, 3.63) is 23.8 Å². The van der Waals surface area contributed by atoms with Gasteiger partial charge in [0, 0.05) is 26.6 Å². The van der Waals surface area contributed by atoms with Crippen LogP contribution in [0.2, 0.25) is 0 Å². The molecule has 1 aromatic rings. The Balaban J connectivity index is 1.65. The zero-order chi connectivity index (χ0) is 18.9. The average Bonchev–Trinajstić information content (AvgIpc) is 3.22. The van der Waals surface area contributed by atoms with E-state index in [2.05, 4.69) is 5.32 Å². The molecule has 144 valence electrons. The number of benzene rings is 1. The van der Waals surface area contributed by atoms with Crippen molar-refractivity contribution in [3.63, 3.8) is 0 Å². The molecular formula is C19H28N2O4S. The van der Waals surface area contributed by atoms with E-state index in [4.69, 9.17) is 4.74 Å². The number of sulfonamides is 1. The maximum Gasteiger partial charge on any atom is 0.242 e. The monoisotopic (exact) mass is 380 g/mol. The van der Waals surface area contributed by atoms with Gasteiger partial charge in [0.1, 0.15) is 5.75 Å². The molecule has 0 aliphatic heterocycles. The number of hydrogen-bond acceptors (Lipinski definition) is 4. The van der Waals surface area contributed by atoms with Crippen molar-refractivity contribution in [1.29, 1.82) is 0 Å². The SMILES string of the molecule is COc1ccc(S(=O)(=O)N(C)C)cc1CCC(=O)NC1CC2CCC1C2. The lowest BCUT2D eigenvalue weighted by atomic mass is 9.95. The molecule has 0 heterocycles. The highest BCUT2D eigenvalue weighted by molar-refractivity contribution is 7.89. The number of carbonyl (C=O) groups excluding carboxylic acids is 1.